The lowest BCUT2D eigenvalue weighted by atomic mass is 9.46. The lowest BCUT2D eigenvalue weighted by Crippen LogP contribution is -2.56. The third kappa shape index (κ3) is 3.47. The van der Waals surface area contributed by atoms with Crippen LogP contribution in [0.5, 0.6) is 0 Å². The van der Waals surface area contributed by atoms with Crippen molar-refractivity contribution in [1.82, 2.24) is 0 Å². The second-order valence-corrected chi connectivity index (χ2v) is 12.0. The van der Waals surface area contributed by atoms with Crippen molar-refractivity contribution >= 4 is 0 Å². The summed E-state index contributed by atoms with van der Waals surface area (Å²) in [6, 6.07) is 0. The minimum absolute atomic E-state index is 0.00846. The molecule has 3 fully saturated rings. The number of halogens is 5. The van der Waals surface area contributed by atoms with Crippen molar-refractivity contribution in [2.75, 3.05) is 0 Å². The molecular weight excluding hydrogens is 427 g/mol. The van der Waals surface area contributed by atoms with Crippen LogP contribution in [0.4, 0.5) is 22.0 Å². The lowest BCUT2D eigenvalue weighted by molar-refractivity contribution is -0.271. The van der Waals surface area contributed by atoms with E-state index in [0.717, 1.165) is 38.2 Å². The summed E-state index contributed by atoms with van der Waals surface area (Å²) in [5.74, 6) is -2.75. The van der Waals surface area contributed by atoms with Crippen molar-refractivity contribution < 1.29 is 32.2 Å². The van der Waals surface area contributed by atoms with Gasteiger partial charge in [0.25, 0.3) is 5.92 Å². The van der Waals surface area contributed by atoms with Gasteiger partial charge in [0.15, 0.2) is 5.60 Å². The number of fused-ring (bicyclic) bond motifs is 5. The fourth-order valence-corrected chi connectivity index (χ4v) is 8.47. The van der Waals surface area contributed by atoms with Crippen LogP contribution in [-0.4, -0.2) is 34.0 Å². The topological polar surface area (TPSA) is 40.5 Å². The second-order valence-electron chi connectivity index (χ2n) is 12.0. The second kappa shape index (κ2) is 7.40. The Morgan fingerprint density at radius 2 is 1.66 bits per heavy atom. The summed E-state index contributed by atoms with van der Waals surface area (Å²) in [6.07, 6.45) is -0.516. The van der Waals surface area contributed by atoms with Crippen LogP contribution in [0.1, 0.15) is 79.1 Å². The molecule has 0 heterocycles. The number of alkyl halides is 5. The van der Waals surface area contributed by atoms with Crippen molar-refractivity contribution in [2.24, 2.45) is 40.4 Å². The molecule has 4 aliphatic rings. The van der Waals surface area contributed by atoms with Gasteiger partial charge in [0, 0.05) is 13.3 Å². The Labute approximate surface area is 187 Å². The first-order chi connectivity index (χ1) is 14.5. The molecule has 0 aromatic rings. The molecule has 2 N–H and O–H groups in total. The molecule has 4 rings (SSSR count). The molecule has 184 valence electrons. The molecule has 7 heteroatoms. The van der Waals surface area contributed by atoms with Crippen LogP contribution in [0.25, 0.3) is 0 Å². The average Bonchev–Trinajstić information content (AvgIpc) is 3.03. The minimum atomic E-state index is -4.63. The van der Waals surface area contributed by atoms with Crippen LogP contribution in [0.2, 0.25) is 0 Å². The molecule has 0 unspecified atom stereocenters. The monoisotopic (exact) mass is 464 g/mol. The molecule has 0 bridgehead atoms. The number of hydrogen-bond donors (Lipinski definition) is 2. The molecule has 4 aliphatic carbocycles. The van der Waals surface area contributed by atoms with E-state index in [1.165, 1.54) is 0 Å². The summed E-state index contributed by atoms with van der Waals surface area (Å²) in [5.41, 5.74) is -2.38. The molecule has 0 aliphatic heterocycles. The predicted molar refractivity (Wildman–Crippen MR) is 112 cm³/mol. The Morgan fingerprint density at radius 1 is 1.00 bits per heavy atom. The van der Waals surface area contributed by atoms with E-state index in [1.54, 1.807) is 6.92 Å². The molecule has 32 heavy (non-hydrogen) atoms. The molecule has 0 saturated heterocycles. The molecular formula is C25H37F5O2. The SMILES string of the molecule is C[C@H]([C@@H](O)C(C)(F)F)[C@H]1CC[C@H]2[C@@H]3CC=C4C[C@](O)(C(F)(F)F)CC[C@]4(C)[C@H]3CC[C@]12C. The summed E-state index contributed by atoms with van der Waals surface area (Å²) in [7, 11) is 0. The normalized spacial score (nSPS) is 46.5. The number of allylic oxidation sites excluding steroid dienone is 1. The Bertz CT molecular complexity index is 773. The summed E-state index contributed by atoms with van der Waals surface area (Å²) < 4.78 is 68.2. The zero-order chi connectivity index (χ0) is 23.9. The van der Waals surface area contributed by atoms with Gasteiger partial charge in [-0.1, -0.05) is 32.4 Å². The summed E-state index contributed by atoms with van der Waals surface area (Å²) in [6.45, 7) is 6.78. The number of rotatable bonds is 3. The Kier molecular flexibility index (Phi) is 5.65. The van der Waals surface area contributed by atoms with E-state index >= 15 is 0 Å². The zero-order valence-corrected chi connectivity index (χ0v) is 19.5. The number of hydrogen-bond acceptors (Lipinski definition) is 2. The standard InChI is InChI=1S/C25H37F5O2/c1-14(20(31)23(4,26)27)17-7-8-18-16-6-5-15-13-24(32,25(28,29)30)12-11-21(15,2)19(16)9-10-22(17,18)3/h5,14,16-20,31-32H,6-13H2,1-4H3/t14-,16-,17+,18-,19-,20+,21-,22+,24-/m0/s1. The van der Waals surface area contributed by atoms with Gasteiger partial charge in [0.05, 0.1) is 0 Å². The average molecular weight is 465 g/mol. The highest BCUT2D eigenvalue weighted by atomic mass is 19.4. The van der Waals surface area contributed by atoms with Crippen LogP contribution in [0, 0.1) is 40.4 Å². The van der Waals surface area contributed by atoms with Gasteiger partial charge < -0.3 is 10.2 Å². The number of aliphatic hydroxyl groups is 2. The highest BCUT2D eigenvalue weighted by Gasteiger charge is 2.64. The fourth-order valence-electron chi connectivity index (χ4n) is 8.47. The van der Waals surface area contributed by atoms with E-state index < -0.39 is 29.7 Å². The third-order valence-corrected chi connectivity index (χ3v) is 10.4. The van der Waals surface area contributed by atoms with Gasteiger partial charge in [-0.2, -0.15) is 13.2 Å². The van der Waals surface area contributed by atoms with Crippen molar-refractivity contribution in [3.05, 3.63) is 11.6 Å². The Morgan fingerprint density at radius 3 is 2.25 bits per heavy atom. The number of aliphatic hydroxyl groups excluding tert-OH is 1. The van der Waals surface area contributed by atoms with E-state index in [-0.39, 0.29) is 35.5 Å². The van der Waals surface area contributed by atoms with E-state index in [9.17, 15) is 32.2 Å². The molecule has 0 spiro atoms. The largest absolute Gasteiger partial charge is 0.417 e. The van der Waals surface area contributed by atoms with Crippen molar-refractivity contribution in [3.8, 4) is 0 Å². The smallest absolute Gasteiger partial charge is 0.387 e. The van der Waals surface area contributed by atoms with Gasteiger partial charge in [-0.3, -0.25) is 0 Å². The van der Waals surface area contributed by atoms with Crippen LogP contribution in [-0.2, 0) is 0 Å². The summed E-state index contributed by atoms with van der Waals surface area (Å²) >= 11 is 0. The maximum absolute atomic E-state index is 13.9. The molecule has 0 aromatic heterocycles. The first-order valence-electron chi connectivity index (χ1n) is 12.1. The lowest BCUT2D eigenvalue weighted by Gasteiger charge is -2.59. The highest BCUT2D eigenvalue weighted by molar-refractivity contribution is 5.28. The van der Waals surface area contributed by atoms with Crippen LogP contribution in [0.15, 0.2) is 11.6 Å². The van der Waals surface area contributed by atoms with E-state index in [0.29, 0.717) is 24.7 Å². The first-order valence-corrected chi connectivity index (χ1v) is 12.1. The molecule has 0 aromatic carbocycles. The van der Waals surface area contributed by atoms with Crippen LogP contribution >= 0.6 is 0 Å². The van der Waals surface area contributed by atoms with E-state index in [1.807, 2.05) is 6.08 Å². The molecule has 3 saturated carbocycles. The molecule has 0 amide bonds. The van der Waals surface area contributed by atoms with Crippen molar-refractivity contribution in [3.63, 3.8) is 0 Å². The van der Waals surface area contributed by atoms with Gasteiger partial charge >= 0.3 is 6.18 Å². The van der Waals surface area contributed by atoms with Crippen molar-refractivity contribution in [2.45, 2.75) is 103 Å². The van der Waals surface area contributed by atoms with Gasteiger partial charge in [0.1, 0.15) is 6.10 Å². The molecule has 2 nitrogen and oxygen atoms in total. The minimum Gasteiger partial charge on any atom is -0.387 e. The third-order valence-electron chi connectivity index (χ3n) is 10.4. The van der Waals surface area contributed by atoms with Gasteiger partial charge in [0.2, 0.25) is 0 Å². The zero-order valence-electron chi connectivity index (χ0n) is 19.5. The Balaban J connectivity index is 1.59. The predicted octanol–water partition coefficient (Wildman–Crippen LogP) is 6.51. The maximum atomic E-state index is 13.9. The first kappa shape index (κ1) is 24.4. The van der Waals surface area contributed by atoms with Gasteiger partial charge in [-0.15, -0.1) is 0 Å². The molecule has 0 radical (unpaired) electrons. The highest BCUT2D eigenvalue weighted by Crippen LogP contribution is 2.68. The van der Waals surface area contributed by atoms with E-state index in [4.69, 9.17) is 0 Å². The van der Waals surface area contributed by atoms with Crippen LogP contribution in [0.3, 0.4) is 0 Å². The molecule has 9 atom stereocenters. The Hall–Kier alpha value is -0.690. The van der Waals surface area contributed by atoms with Gasteiger partial charge in [-0.05, 0) is 85.4 Å². The van der Waals surface area contributed by atoms with Crippen LogP contribution < -0.4 is 0 Å². The fraction of sp³-hybridized carbons (Fsp3) is 0.920. The maximum Gasteiger partial charge on any atom is 0.417 e. The van der Waals surface area contributed by atoms with E-state index in [2.05, 4.69) is 13.8 Å². The summed E-state index contributed by atoms with van der Waals surface area (Å²) in [5, 5.41) is 20.6. The summed E-state index contributed by atoms with van der Waals surface area (Å²) in [4.78, 5) is 0. The quantitative estimate of drug-likeness (QED) is 0.369. The van der Waals surface area contributed by atoms with Gasteiger partial charge in [-0.25, -0.2) is 8.78 Å². The van der Waals surface area contributed by atoms with Crippen molar-refractivity contribution in [1.29, 1.82) is 0 Å².